The van der Waals surface area contributed by atoms with Gasteiger partial charge in [-0.15, -0.1) is 0 Å². The zero-order valence-electron chi connectivity index (χ0n) is 17.4. The molecule has 1 aliphatic rings. The van der Waals surface area contributed by atoms with Gasteiger partial charge in [0.15, 0.2) is 23.1 Å². The number of aliphatic hydroxyl groups excluding tert-OH is 3. The van der Waals surface area contributed by atoms with Crippen molar-refractivity contribution in [2.24, 2.45) is 0 Å². The first-order valence-electron chi connectivity index (χ1n) is 10.1. The van der Waals surface area contributed by atoms with E-state index in [2.05, 4.69) is 21.4 Å². The van der Waals surface area contributed by atoms with E-state index in [0.717, 1.165) is 15.8 Å². The molecule has 3 aromatic rings. The van der Waals surface area contributed by atoms with Crippen molar-refractivity contribution in [3.63, 3.8) is 0 Å². The fourth-order valence-corrected chi connectivity index (χ4v) is 4.57. The molecule has 0 spiro atoms. The van der Waals surface area contributed by atoms with Gasteiger partial charge in [0, 0.05) is 37.9 Å². The molecule has 4 rings (SSSR count). The Bertz CT molecular complexity index is 1050. The van der Waals surface area contributed by atoms with Gasteiger partial charge in [-0.25, -0.2) is 14.4 Å². The molecule has 1 aliphatic heterocycles. The lowest BCUT2D eigenvalue weighted by molar-refractivity contribution is 0.0223. The SMILES string of the molecule is Cc1ccc2nc(NC(O)N3CCN(c4ncc([C@H](O)[C@H](C)O)cc4F)CC3)sc2c1. The van der Waals surface area contributed by atoms with Crippen LogP contribution < -0.4 is 10.2 Å². The number of nitrogens with one attached hydrogen (secondary N) is 1. The number of nitrogens with zero attached hydrogens (tertiary/aromatic N) is 4. The number of benzene rings is 1. The van der Waals surface area contributed by atoms with Gasteiger partial charge in [0.25, 0.3) is 0 Å². The number of rotatable bonds is 6. The number of aliphatic hydroxyl groups is 3. The molecule has 1 aromatic carbocycles. The standard InChI is InChI=1S/C21H26FN5O3S/c1-12-3-4-16-17(9-12)31-20(24-16)25-21(30)27-7-5-26(6-8-27)19-15(22)10-14(11-23-19)18(29)13(2)28/h3-4,9-11,13,18,21,28-30H,5-8H2,1-2H3,(H,24,25)/t13-,18+,21?/m0/s1. The number of hydrogen-bond donors (Lipinski definition) is 4. The Labute approximate surface area is 183 Å². The first-order valence-corrected chi connectivity index (χ1v) is 11.0. The van der Waals surface area contributed by atoms with Crippen LogP contribution in [0.15, 0.2) is 30.5 Å². The van der Waals surface area contributed by atoms with Crippen LogP contribution >= 0.6 is 11.3 Å². The summed E-state index contributed by atoms with van der Waals surface area (Å²) in [7, 11) is 0. The van der Waals surface area contributed by atoms with E-state index in [1.54, 1.807) is 4.90 Å². The lowest BCUT2D eigenvalue weighted by atomic mass is 10.1. The van der Waals surface area contributed by atoms with Gasteiger partial charge in [-0.05, 0) is 37.6 Å². The van der Waals surface area contributed by atoms with Crippen molar-refractivity contribution in [3.8, 4) is 0 Å². The van der Waals surface area contributed by atoms with Crippen LogP contribution in [0, 0.1) is 12.7 Å². The van der Waals surface area contributed by atoms with Crippen molar-refractivity contribution >= 4 is 32.5 Å². The summed E-state index contributed by atoms with van der Waals surface area (Å²) in [5, 5.41) is 33.6. The fourth-order valence-electron chi connectivity index (χ4n) is 3.59. The first kappa shape index (κ1) is 21.8. The average Bonchev–Trinajstić information content (AvgIpc) is 3.14. The van der Waals surface area contributed by atoms with Gasteiger partial charge in [-0.2, -0.15) is 0 Å². The first-order chi connectivity index (χ1) is 14.8. The molecule has 31 heavy (non-hydrogen) atoms. The molecule has 2 aromatic heterocycles. The normalized spacial score (nSPS) is 18.2. The number of halogens is 1. The Morgan fingerprint density at radius 1 is 1.13 bits per heavy atom. The third-order valence-electron chi connectivity index (χ3n) is 5.40. The Kier molecular flexibility index (Phi) is 6.35. The monoisotopic (exact) mass is 447 g/mol. The number of thiazole rings is 1. The number of piperazine rings is 1. The largest absolute Gasteiger partial charge is 0.390 e. The minimum atomic E-state index is -1.18. The van der Waals surface area contributed by atoms with Gasteiger partial charge in [-0.1, -0.05) is 17.4 Å². The molecule has 0 amide bonds. The van der Waals surface area contributed by atoms with E-state index in [9.17, 15) is 19.7 Å². The summed E-state index contributed by atoms with van der Waals surface area (Å²) in [4.78, 5) is 12.3. The lowest BCUT2D eigenvalue weighted by Gasteiger charge is -2.37. The van der Waals surface area contributed by atoms with E-state index in [4.69, 9.17) is 0 Å². The highest BCUT2D eigenvalue weighted by atomic mass is 32.1. The summed E-state index contributed by atoms with van der Waals surface area (Å²) in [6, 6.07) is 7.24. The predicted molar refractivity (Wildman–Crippen MR) is 119 cm³/mol. The van der Waals surface area contributed by atoms with Crippen LogP contribution in [0.1, 0.15) is 24.2 Å². The molecule has 166 valence electrons. The molecular weight excluding hydrogens is 421 g/mol. The van der Waals surface area contributed by atoms with Gasteiger partial charge < -0.3 is 25.5 Å². The number of fused-ring (bicyclic) bond motifs is 1. The van der Waals surface area contributed by atoms with Gasteiger partial charge >= 0.3 is 0 Å². The van der Waals surface area contributed by atoms with Crippen LogP contribution in [-0.2, 0) is 0 Å². The molecule has 3 heterocycles. The van der Waals surface area contributed by atoms with Crippen LogP contribution in [-0.4, -0.2) is 68.8 Å². The Morgan fingerprint density at radius 3 is 2.55 bits per heavy atom. The molecular formula is C21H26FN5O3S. The molecule has 8 nitrogen and oxygen atoms in total. The number of hydrogen-bond acceptors (Lipinski definition) is 9. The number of pyridine rings is 1. The maximum atomic E-state index is 14.6. The summed E-state index contributed by atoms with van der Waals surface area (Å²) < 4.78 is 15.6. The average molecular weight is 448 g/mol. The summed E-state index contributed by atoms with van der Waals surface area (Å²) >= 11 is 1.49. The van der Waals surface area contributed by atoms with Crippen molar-refractivity contribution in [1.82, 2.24) is 14.9 Å². The molecule has 0 bridgehead atoms. The molecule has 10 heteroatoms. The van der Waals surface area contributed by atoms with Crippen LogP contribution in [0.5, 0.6) is 0 Å². The van der Waals surface area contributed by atoms with E-state index in [-0.39, 0.29) is 11.4 Å². The maximum absolute atomic E-state index is 14.6. The predicted octanol–water partition coefficient (Wildman–Crippen LogP) is 2.06. The van der Waals surface area contributed by atoms with Gasteiger partial charge in [-0.3, -0.25) is 4.90 Å². The van der Waals surface area contributed by atoms with E-state index < -0.39 is 24.4 Å². The number of anilines is 2. The van der Waals surface area contributed by atoms with Gasteiger partial charge in [0.2, 0.25) is 0 Å². The van der Waals surface area contributed by atoms with Crippen LogP contribution in [0.25, 0.3) is 10.2 Å². The zero-order valence-corrected chi connectivity index (χ0v) is 18.2. The van der Waals surface area contributed by atoms with E-state index in [1.807, 2.05) is 24.0 Å². The van der Waals surface area contributed by atoms with Gasteiger partial charge in [0.05, 0.1) is 16.3 Å². The van der Waals surface area contributed by atoms with Crippen molar-refractivity contribution in [2.45, 2.75) is 32.4 Å². The van der Waals surface area contributed by atoms with Crippen LogP contribution in [0.4, 0.5) is 15.3 Å². The van der Waals surface area contributed by atoms with Crippen LogP contribution in [0.3, 0.4) is 0 Å². The summed E-state index contributed by atoms with van der Waals surface area (Å²) in [6.07, 6.45) is -1.71. The van der Waals surface area contributed by atoms with Crippen molar-refractivity contribution in [2.75, 3.05) is 36.4 Å². The zero-order chi connectivity index (χ0) is 22.1. The molecule has 0 saturated carbocycles. The molecule has 1 fully saturated rings. The van der Waals surface area contributed by atoms with E-state index in [0.29, 0.717) is 31.3 Å². The third-order valence-corrected chi connectivity index (χ3v) is 6.35. The quantitative estimate of drug-likeness (QED) is 0.426. The van der Waals surface area contributed by atoms with E-state index >= 15 is 0 Å². The smallest absolute Gasteiger partial charge is 0.186 e. The Morgan fingerprint density at radius 2 is 1.87 bits per heavy atom. The van der Waals surface area contributed by atoms with Crippen molar-refractivity contribution < 1.29 is 19.7 Å². The summed E-state index contributed by atoms with van der Waals surface area (Å²) in [6.45, 7) is 5.46. The van der Waals surface area contributed by atoms with Gasteiger partial charge in [0.1, 0.15) is 6.10 Å². The highest BCUT2D eigenvalue weighted by Gasteiger charge is 2.26. The molecule has 4 N–H and O–H groups in total. The lowest BCUT2D eigenvalue weighted by Crippen LogP contribution is -2.53. The molecule has 1 unspecified atom stereocenters. The fraction of sp³-hybridized carbons (Fsp3) is 0.429. The maximum Gasteiger partial charge on any atom is 0.186 e. The highest BCUT2D eigenvalue weighted by Crippen LogP contribution is 2.28. The minimum Gasteiger partial charge on any atom is -0.390 e. The summed E-state index contributed by atoms with van der Waals surface area (Å²) in [5.41, 5.74) is 2.29. The highest BCUT2D eigenvalue weighted by molar-refractivity contribution is 7.22. The minimum absolute atomic E-state index is 0.199. The second-order valence-corrected chi connectivity index (χ2v) is 8.82. The number of aryl methyl sites for hydroxylation is 1. The van der Waals surface area contributed by atoms with Crippen molar-refractivity contribution in [3.05, 3.63) is 47.4 Å². The second-order valence-electron chi connectivity index (χ2n) is 7.79. The molecule has 3 atom stereocenters. The topological polar surface area (TPSA) is 105 Å². The van der Waals surface area contributed by atoms with Crippen LogP contribution in [0.2, 0.25) is 0 Å². The number of aromatic nitrogens is 2. The Balaban J connectivity index is 1.36. The molecule has 0 aliphatic carbocycles. The summed E-state index contributed by atoms with van der Waals surface area (Å²) in [5.74, 6) is -0.348. The molecule has 0 radical (unpaired) electrons. The Hall–Kier alpha value is -2.37. The third kappa shape index (κ3) is 4.78. The molecule has 1 saturated heterocycles. The van der Waals surface area contributed by atoms with E-state index in [1.165, 1.54) is 30.5 Å². The van der Waals surface area contributed by atoms with Crippen molar-refractivity contribution in [1.29, 1.82) is 0 Å². The second kappa shape index (κ2) is 9.01.